The predicted octanol–water partition coefficient (Wildman–Crippen LogP) is 3.10. The van der Waals surface area contributed by atoms with Gasteiger partial charge in [0.2, 0.25) is 0 Å². The molecule has 0 saturated heterocycles. The molecule has 0 aliphatic heterocycles. The van der Waals surface area contributed by atoms with Gasteiger partial charge in [-0.3, -0.25) is 0 Å². The van der Waals surface area contributed by atoms with E-state index in [0.29, 0.717) is 6.42 Å². The number of carbonyl (C=O) groups excluding carboxylic acids is 1. The first kappa shape index (κ1) is 16.0. The second-order valence-electron chi connectivity index (χ2n) is 5.09. The Morgan fingerprint density at radius 3 is 2.45 bits per heavy atom. The summed E-state index contributed by atoms with van der Waals surface area (Å²) in [5, 5.41) is 14.2. The summed E-state index contributed by atoms with van der Waals surface area (Å²) < 4.78 is 0. The maximum absolute atomic E-state index is 11.9. The highest BCUT2D eigenvalue weighted by molar-refractivity contribution is 5.93. The molecule has 0 heterocycles. The van der Waals surface area contributed by atoms with Crippen LogP contribution in [0.4, 0.5) is 10.5 Å². The van der Waals surface area contributed by atoms with Gasteiger partial charge >= 0.3 is 12.0 Å². The molecule has 1 atom stereocenters. The van der Waals surface area contributed by atoms with Crippen LogP contribution in [0.5, 0.6) is 0 Å². The lowest BCUT2D eigenvalue weighted by Gasteiger charge is -2.18. The molecule has 1 aromatic carbocycles. The molecule has 0 aromatic heterocycles. The normalized spacial score (nSPS) is 12.1. The van der Waals surface area contributed by atoms with Gasteiger partial charge in [0, 0.05) is 5.69 Å². The van der Waals surface area contributed by atoms with Crippen molar-refractivity contribution in [2.24, 2.45) is 0 Å². The fourth-order valence-electron chi connectivity index (χ4n) is 1.99. The molecule has 5 heteroatoms. The highest BCUT2D eigenvalue weighted by Gasteiger charge is 2.19. The summed E-state index contributed by atoms with van der Waals surface area (Å²) in [6.45, 7) is 7.72. The number of amides is 2. The highest BCUT2D eigenvalue weighted by atomic mass is 16.4. The van der Waals surface area contributed by atoms with Gasteiger partial charge in [0.15, 0.2) is 0 Å². The minimum atomic E-state index is -1.03. The molecule has 0 aliphatic rings. The number of aryl methyl sites for hydroxylation is 1. The lowest BCUT2D eigenvalue weighted by molar-refractivity contribution is -0.139. The third kappa shape index (κ3) is 3.98. The zero-order valence-corrected chi connectivity index (χ0v) is 12.4. The Balaban J connectivity index is 2.88. The van der Waals surface area contributed by atoms with E-state index < -0.39 is 18.0 Å². The molecule has 110 valence electrons. The fraction of sp³-hybridized carbons (Fsp3) is 0.467. The third-order valence-corrected chi connectivity index (χ3v) is 3.18. The van der Waals surface area contributed by atoms with Crippen molar-refractivity contribution in [1.82, 2.24) is 5.32 Å². The number of carboxylic acid groups (broad SMARTS) is 1. The van der Waals surface area contributed by atoms with Crippen molar-refractivity contribution in [1.29, 1.82) is 0 Å². The molecule has 1 aromatic rings. The average Bonchev–Trinajstić information content (AvgIpc) is 2.37. The summed E-state index contributed by atoms with van der Waals surface area (Å²) in [4.78, 5) is 22.8. The van der Waals surface area contributed by atoms with E-state index in [-0.39, 0.29) is 5.92 Å². The number of anilines is 1. The molecular formula is C15H22N2O3. The number of urea groups is 1. The monoisotopic (exact) mass is 278 g/mol. The lowest BCUT2D eigenvalue weighted by atomic mass is 9.98. The van der Waals surface area contributed by atoms with Crippen molar-refractivity contribution >= 4 is 17.7 Å². The van der Waals surface area contributed by atoms with Crippen LogP contribution in [0.25, 0.3) is 0 Å². The van der Waals surface area contributed by atoms with Crippen LogP contribution in [0.3, 0.4) is 0 Å². The quantitative estimate of drug-likeness (QED) is 0.774. The van der Waals surface area contributed by atoms with Crippen molar-refractivity contribution < 1.29 is 14.7 Å². The van der Waals surface area contributed by atoms with Crippen LogP contribution in [0.1, 0.15) is 44.2 Å². The van der Waals surface area contributed by atoms with E-state index in [0.717, 1.165) is 16.8 Å². The summed E-state index contributed by atoms with van der Waals surface area (Å²) >= 11 is 0. The summed E-state index contributed by atoms with van der Waals surface area (Å²) in [5.74, 6) is -0.761. The van der Waals surface area contributed by atoms with Gasteiger partial charge in [-0.25, -0.2) is 9.59 Å². The first-order valence-electron chi connectivity index (χ1n) is 6.76. The molecular weight excluding hydrogens is 256 g/mol. The third-order valence-electron chi connectivity index (χ3n) is 3.18. The van der Waals surface area contributed by atoms with E-state index in [1.807, 2.05) is 39.0 Å². The smallest absolute Gasteiger partial charge is 0.326 e. The standard InChI is InChI=1S/C15H22N2O3/c1-5-12(14(18)19)16-15(20)17-13-10(4)7-6-8-11(13)9(2)3/h6-9,12H,5H2,1-4H3,(H,18,19)(H2,16,17,20). The number of nitrogens with one attached hydrogen (secondary N) is 2. The van der Waals surface area contributed by atoms with Crippen LogP contribution in [0.15, 0.2) is 18.2 Å². The molecule has 0 bridgehead atoms. The van der Waals surface area contributed by atoms with Crippen molar-refractivity contribution in [3.8, 4) is 0 Å². The molecule has 0 saturated carbocycles. The Bertz CT molecular complexity index is 498. The number of para-hydroxylation sites is 1. The van der Waals surface area contributed by atoms with Gasteiger partial charge in [0.25, 0.3) is 0 Å². The number of rotatable bonds is 5. The van der Waals surface area contributed by atoms with Gasteiger partial charge < -0.3 is 15.7 Å². The first-order valence-corrected chi connectivity index (χ1v) is 6.76. The Kier molecular flexibility index (Phi) is 5.55. The van der Waals surface area contributed by atoms with Crippen molar-refractivity contribution in [2.75, 3.05) is 5.32 Å². The number of carboxylic acids is 1. The number of benzene rings is 1. The molecule has 1 rings (SSSR count). The van der Waals surface area contributed by atoms with Crippen LogP contribution in [0.2, 0.25) is 0 Å². The van der Waals surface area contributed by atoms with E-state index >= 15 is 0 Å². The van der Waals surface area contributed by atoms with Gasteiger partial charge in [-0.1, -0.05) is 39.0 Å². The minimum Gasteiger partial charge on any atom is -0.480 e. The van der Waals surface area contributed by atoms with Crippen LogP contribution < -0.4 is 10.6 Å². The molecule has 0 aliphatic carbocycles. The minimum absolute atomic E-state index is 0.270. The van der Waals surface area contributed by atoms with E-state index in [2.05, 4.69) is 10.6 Å². The second kappa shape index (κ2) is 6.93. The van der Waals surface area contributed by atoms with Crippen molar-refractivity contribution in [3.63, 3.8) is 0 Å². The van der Waals surface area contributed by atoms with Gasteiger partial charge in [0.05, 0.1) is 0 Å². The summed E-state index contributed by atoms with van der Waals surface area (Å²) in [5.41, 5.74) is 2.73. The maximum atomic E-state index is 11.9. The number of hydrogen-bond donors (Lipinski definition) is 3. The van der Waals surface area contributed by atoms with Gasteiger partial charge in [-0.15, -0.1) is 0 Å². The van der Waals surface area contributed by atoms with Crippen LogP contribution >= 0.6 is 0 Å². The number of hydrogen-bond acceptors (Lipinski definition) is 2. The van der Waals surface area contributed by atoms with Crippen LogP contribution in [0, 0.1) is 6.92 Å². The summed E-state index contributed by atoms with van der Waals surface area (Å²) in [6, 6.07) is 4.45. The Labute approximate surface area is 119 Å². The number of aliphatic carboxylic acids is 1. The molecule has 0 spiro atoms. The molecule has 5 nitrogen and oxygen atoms in total. The van der Waals surface area contributed by atoms with E-state index in [1.165, 1.54) is 0 Å². The largest absolute Gasteiger partial charge is 0.480 e. The zero-order valence-electron chi connectivity index (χ0n) is 12.4. The van der Waals surface area contributed by atoms with Crippen molar-refractivity contribution in [3.05, 3.63) is 29.3 Å². The number of carbonyl (C=O) groups is 2. The topological polar surface area (TPSA) is 78.4 Å². The zero-order chi connectivity index (χ0) is 15.3. The average molecular weight is 278 g/mol. The molecule has 20 heavy (non-hydrogen) atoms. The Morgan fingerprint density at radius 2 is 1.95 bits per heavy atom. The lowest BCUT2D eigenvalue weighted by Crippen LogP contribution is -2.42. The van der Waals surface area contributed by atoms with Crippen molar-refractivity contribution in [2.45, 2.75) is 46.1 Å². The first-order chi connectivity index (χ1) is 9.36. The van der Waals surface area contributed by atoms with E-state index in [4.69, 9.17) is 5.11 Å². The molecule has 3 N–H and O–H groups in total. The Morgan fingerprint density at radius 1 is 1.30 bits per heavy atom. The summed E-state index contributed by atoms with van der Waals surface area (Å²) in [6.07, 6.45) is 0.341. The fourth-order valence-corrected chi connectivity index (χ4v) is 1.99. The Hall–Kier alpha value is -2.04. The highest BCUT2D eigenvalue weighted by Crippen LogP contribution is 2.27. The molecule has 1 unspecified atom stereocenters. The van der Waals surface area contributed by atoms with Gasteiger partial charge in [0.1, 0.15) is 6.04 Å². The molecule has 0 fully saturated rings. The van der Waals surface area contributed by atoms with Crippen LogP contribution in [-0.2, 0) is 4.79 Å². The van der Waals surface area contributed by atoms with Crippen LogP contribution in [-0.4, -0.2) is 23.1 Å². The SMILES string of the molecule is CCC(NC(=O)Nc1c(C)cccc1C(C)C)C(=O)O. The van der Waals surface area contributed by atoms with E-state index in [1.54, 1.807) is 6.92 Å². The molecule has 2 amide bonds. The van der Waals surface area contributed by atoms with Gasteiger partial charge in [-0.2, -0.15) is 0 Å². The summed E-state index contributed by atoms with van der Waals surface area (Å²) in [7, 11) is 0. The second-order valence-corrected chi connectivity index (χ2v) is 5.09. The van der Waals surface area contributed by atoms with Gasteiger partial charge in [-0.05, 0) is 30.4 Å². The predicted molar refractivity (Wildman–Crippen MR) is 79.1 cm³/mol. The maximum Gasteiger partial charge on any atom is 0.326 e. The van der Waals surface area contributed by atoms with E-state index in [9.17, 15) is 9.59 Å². The molecule has 0 radical (unpaired) electrons.